The van der Waals surface area contributed by atoms with E-state index in [4.69, 9.17) is 5.73 Å². The molecule has 0 spiro atoms. The van der Waals surface area contributed by atoms with Gasteiger partial charge in [0, 0.05) is 24.2 Å². The lowest BCUT2D eigenvalue weighted by atomic mass is 9.92. The molecular formula is C20H24FN3O2. The Kier molecular flexibility index (Phi) is 4.85. The number of likely N-dealkylation sites (tertiary alicyclic amines) is 1. The number of aryl methyl sites for hydroxylation is 2. The fraction of sp³-hybridized carbons (Fsp3) is 0.400. The summed E-state index contributed by atoms with van der Waals surface area (Å²) < 4.78 is 14.9. The molecule has 1 unspecified atom stereocenters. The summed E-state index contributed by atoms with van der Waals surface area (Å²) in [5.41, 5.74) is 9.27. The van der Waals surface area contributed by atoms with E-state index in [9.17, 15) is 14.0 Å². The van der Waals surface area contributed by atoms with Crippen LogP contribution in [0.4, 0.5) is 4.39 Å². The molecule has 1 fully saturated rings. The summed E-state index contributed by atoms with van der Waals surface area (Å²) in [7, 11) is 0. The lowest BCUT2D eigenvalue weighted by molar-refractivity contribution is -0.125. The van der Waals surface area contributed by atoms with E-state index >= 15 is 0 Å². The van der Waals surface area contributed by atoms with Crippen LogP contribution in [0.15, 0.2) is 18.7 Å². The number of hydrogen-bond donors (Lipinski definition) is 2. The van der Waals surface area contributed by atoms with Gasteiger partial charge in [0.25, 0.3) is 0 Å². The van der Waals surface area contributed by atoms with Gasteiger partial charge >= 0.3 is 0 Å². The number of nitrogens with zero attached hydrogens (tertiary/aromatic N) is 1. The molecule has 26 heavy (non-hydrogen) atoms. The summed E-state index contributed by atoms with van der Waals surface area (Å²) >= 11 is 0. The maximum Gasteiger partial charge on any atom is 0.245 e. The Morgan fingerprint density at radius 3 is 2.85 bits per heavy atom. The van der Waals surface area contributed by atoms with Crippen molar-refractivity contribution in [3.8, 4) is 0 Å². The zero-order valence-corrected chi connectivity index (χ0v) is 15.2. The molecule has 0 bridgehead atoms. The van der Waals surface area contributed by atoms with Crippen LogP contribution in [-0.2, 0) is 22.4 Å². The smallest absolute Gasteiger partial charge is 0.245 e. The van der Waals surface area contributed by atoms with Gasteiger partial charge in [-0.1, -0.05) is 6.58 Å². The topological polar surface area (TPSA) is 79.2 Å². The second kappa shape index (κ2) is 6.94. The largest absolute Gasteiger partial charge is 0.369 e. The predicted molar refractivity (Wildman–Crippen MR) is 99.2 cm³/mol. The van der Waals surface area contributed by atoms with E-state index in [1.165, 1.54) is 12.1 Å². The van der Waals surface area contributed by atoms with E-state index in [1.807, 2.05) is 13.8 Å². The van der Waals surface area contributed by atoms with Crippen LogP contribution >= 0.6 is 0 Å². The highest BCUT2D eigenvalue weighted by molar-refractivity contribution is 5.93. The Morgan fingerprint density at radius 2 is 2.19 bits per heavy atom. The van der Waals surface area contributed by atoms with Crippen molar-refractivity contribution in [3.63, 3.8) is 0 Å². The Bertz CT molecular complexity index is 900. The summed E-state index contributed by atoms with van der Waals surface area (Å²) in [5.74, 6) is -0.682. The molecule has 1 atom stereocenters. The SMILES string of the molecule is C=CC(=O)N1CCC(Cc2c(F)cc(CC(N)=O)c3[nH]c(C)c(C)c23)C1. The van der Waals surface area contributed by atoms with E-state index in [0.717, 1.165) is 28.6 Å². The van der Waals surface area contributed by atoms with Crippen molar-refractivity contribution >= 4 is 22.7 Å². The number of nitrogens with one attached hydrogen (secondary N) is 1. The van der Waals surface area contributed by atoms with Crippen LogP contribution in [0.1, 0.15) is 28.8 Å². The van der Waals surface area contributed by atoms with Gasteiger partial charge in [-0.25, -0.2) is 4.39 Å². The van der Waals surface area contributed by atoms with Crippen LogP contribution in [0.25, 0.3) is 10.9 Å². The fourth-order valence-corrected chi connectivity index (χ4v) is 3.91. The number of benzene rings is 1. The number of aromatic nitrogens is 1. The van der Waals surface area contributed by atoms with Gasteiger partial charge in [0.2, 0.25) is 11.8 Å². The number of rotatable bonds is 5. The van der Waals surface area contributed by atoms with Crippen molar-refractivity contribution in [2.45, 2.75) is 33.1 Å². The number of halogens is 1. The molecule has 3 rings (SSSR count). The van der Waals surface area contributed by atoms with E-state index in [2.05, 4.69) is 11.6 Å². The van der Waals surface area contributed by atoms with Crippen molar-refractivity contribution in [2.75, 3.05) is 13.1 Å². The Balaban J connectivity index is 1.99. The van der Waals surface area contributed by atoms with Crippen LogP contribution in [0.5, 0.6) is 0 Å². The molecule has 1 aromatic heterocycles. The maximum atomic E-state index is 14.9. The first-order chi connectivity index (χ1) is 12.3. The highest BCUT2D eigenvalue weighted by atomic mass is 19.1. The van der Waals surface area contributed by atoms with Gasteiger partial charge in [-0.05, 0) is 61.4 Å². The molecule has 0 radical (unpaired) electrons. The van der Waals surface area contributed by atoms with Crippen LogP contribution in [-0.4, -0.2) is 34.8 Å². The average molecular weight is 357 g/mol. The van der Waals surface area contributed by atoms with E-state index in [1.54, 1.807) is 4.90 Å². The van der Waals surface area contributed by atoms with E-state index in [-0.39, 0.29) is 24.1 Å². The summed E-state index contributed by atoms with van der Waals surface area (Å²) in [4.78, 5) is 28.2. The Morgan fingerprint density at radius 1 is 1.46 bits per heavy atom. The molecule has 138 valence electrons. The summed E-state index contributed by atoms with van der Waals surface area (Å²) in [5, 5.41) is 0.840. The van der Waals surface area contributed by atoms with Crippen LogP contribution in [0, 0.1) is 25.6 Å². The number of H-pyrrole nitrogens is 1. The number of nitrogens with two attached hydrogens (primary N) is 1. The van der Waals surface area contributed by atoms with Gasteiger partial charge in [-0.15, -0.1) is 0 Å². The number of carbonyl (C=O) groups is 2. The van der Waals surface area contributed by atoms with E-state index < -0.39 is 5.91 Å². The van der Waals surface area contributed by atoms with Crippen LogP contribution in [0.3, 0.4) is 0 Å². The number of primary amides is 1. The summed E-state index contributed by atoms with van der Waals surface area (Å²) in [6.07, 6.45) is 2.71. The quantitative estimate of drug-likeness (QED) is 0.807. The van der Waals surface area contributed by atoms with Gasteiger partial charge in [0.05, 0.1) is 11.9 Å². The third kappa shape index (κ3) is 3.23. The molecule has 5 nitrogen and oxygen atoms in total. The number of amides is 2. The lowest BCUT2D eigenvalue weighted by Gasteiger charge is -2.16. The first-order valence-electron chi connectivity index (χ1n) is 8.80. The molecule has 1 aliphatic rings. The molecule has 0 aliphatic carbocycles. The standard InChI is InChI=1S/C20H24FN3O2/c1-4-18(26)24-6-5-13(10-24)7-15-16(21)8-14(9-17(22)25)20-19(15)11(2)12(3)23-20/h4,8,13,23H,1,5-7,9-10H2,2-3H3,(H2,22,25). The van der Waals surface area contributed by atoms with Gasteiger partial charge in [0.15, 0.2) is 0 Å². The number of aromatic amines is 1. The minimum atomic E-state index is -0.488. The molecule has 1 aromatic carbocycles. The average Bonchev–Trinajstić information content (AvgIpc) is 3.16. The maximum absolute atomic E-state index is 14.9. The van der Waals surface area contributed by atoms with Crippen molar-refractivity contribution in [1.29, 1.82) is 0 Å². The highest BCUT2D eigenvalue weighted by Gasteiger charge is 2.27. The predicted octanol–water partition coefficient (Wildman–Crippen LogP) is 2.53. The summed E-state index contributed by atoms with van der Waals surface area (Å²) in [6, 6.07) is 1.42. The highest BCUT2D eigenvalue weighted by Crippen LogP contribution is 2.33. The molecule has 2 amide bonds. The van der Waals surface area contributed by atoms with Gasteiger partial charge < -0.3 is 15.6 Å². The second-order valence-corrected chi connectivity index (χ2v) is 7.11. The molecular weight excluding hydrogens is 333 g/mol. The Labute approximate surface area is 152 Å². The fourth-order valence-electron chi connectivity index (χ4n) is 3.91. The zero-order valence-electron chi connectivity index (χ0n) is 15.2. The Hall–Kier alpha value is -2.63. The van der Waals surface area contributed by atoms with Crippen molar-refractivity contribution in [3.05, 3.63) is 46.9 Å². The van der Waals surface area contributed by atoms with Gasteiger partial charge in [-0.2, -0.15) is 0 Å². The van der Waals surface area contributed by atoms with Crippen molar-refractivity contribution in [1.82, 2.24) is 9.88 Å². The zero-order chi connectivity index (χ0) is 19.0. The monoisotopic (exact) mass is 357 g/mol. The second-order valence-electron chi connectivity index (χ2n) is 7.11. The van der Waals surface area contributed by atoms with Crippen molar-refractivity contribution < 1.29 is 14.0 Å². The first-order valence-corrected chi connectivity index (χ1v) is 8.80. The minimum absolute atomic E-state index is 0.00185. The molecule has 2 aromatic rings. The molecule has 6 heteroatoms. The third-order valence-electron chi connectivity index (χ3n) is 5.34. The third-order valence-corrected chi connectivity index (χ3v) is 5.34. The molecule has 0 saturated carbocycles. The van der Waals surface area contributed by atoms with Crippen LogP contribution in [0.2, 0.25) is 0 Å². The lowest BCUT2D eigenvalue weighted by Crippen LogP contribution is -2.27. The molecule has 1 aliphatic heterocycles. The molecule has 2 heterocycles. The normalized spacial score (nSPS) is 17.0. The van der Waals surface area contributed by atoms with E-state index in [0.29, 0.717) is 30.6 Å². The van der Waals surface area contributed by atoms with Gasteiger partial charge in [-0.3, -0.25) is 9.59 Å². The van der Waals surface area contributed by atoms with Crippen LogP contribution < -0.4 is 5.73 Å². The number of fused-ring (bicyclic) bond motifs is 1. The van der Waals surface area contributed by atoms with Gasteiger partial charge in [0.1, 0.15) is 5.82 Å². The molecule has 3 N–H and O–H groups in total. The first kappa shape index (κ1) is 18.2. The number of carbonyl (C=O) groups excluding carboxylic acids is 2. The minimum Gasteiger partial charge on any atom is -0.369 e. The molecule has 1 saturated heterocycles. The number of hydrogen-bond acceptors (Lipinski definition) is 2. The summed E-state index contributed by atoms with van der Waals surface area (Å²) in [6.45, 7) is 8.69. The van der Waals surface area contributed by atoms with Crippen molar-refractivity contribution in [2.24, 2.45) is 11.7 Å².